The first-order valence-electron chi connectivity index (χ1n) is 8.69. The van der Waals surface area contributed by atoms with E-state index in [2.05, 4.69) is 35.3 Å². The van der Waals surface area contributed by atoms with Crippen molar-refractivity contribution in [1.82, 2.24) is 21.5 Å². The summed E-state index contributed by atoms with van der Waals surface area (Å²) in [7, 11) is 0. The molecule has 0 radical (unpaired) electrons. The lowest BCUT2D eigenvalue weighted by atomic mass is 9.78. The lowest BCUT2D eigenvalue weighted by Gasteiger charge is -2.35. The molecule has 126 valence electrons. The molecule has 0 bridgehead atoms. The van der Waals surface area contributed by atoms with E-state index in [1.165, 1.54) is 51.4 Å². The molecule has 4 nitrogen and oxygen atoms in total. The van der Waals surface area contributed by atoms with Gasteiger partial charge in [-0.2, -0.15) is 0 Å². The molecule has 3 atom stereocenters. The highest BCUT2D eigenvalue weighted by atomic mass is 32.1. The molecular weight excluding hydrogens is 312 g/mol. The number of hydrazine groups is 1. The van der Waals surface area contributed by atoms with Gasteiger partial charge in [0, 0.05) is 12.1 Å². The van der Waals surface area contributed by atoms with Gasteiger partial charge in [-0.05, 0) is 55.5 Å². The Morgan fingerprint density at radius 2 is 1.41 bits per heavy atom. The second-order valence-corrected chi connectivity index (χ2v) is 7.72. The molecule has 0 aromatic rings. The van der Waals surface area contributed by atoms with Gasteiger partial charge in [-0.15, -0.1) is 0 Å². The van der Waals surface area contributed by atoms with Crippen LogP contribution >= 0.6 is 24.4 Å². The molecule has 6 heteroatoms. The van der Waals surface area contributed by atoms with Gasteiger partial charge in [-0.3, -0.25) is 10.9 Å². The summed E-state index contributed by atoms with van der Waals surface area (Å²) in [6, 6.07) is 0.974. The molecule has 22 heavy (non-hydrogen) atoms. The van der Waals surface area contributed by atoms with Gasteiger partial charge < -0.3 is 10.6 Å². The predicted octanol–water partition coefficient (Wildman–Crippen LogP) is 2.99. The highest BCUT2D eigenvalue weighted by molar-refractivity contribution is 7.80. The standard InChI is InChI=1S/C16H30N4S2/c1-11-7-6-10-14(12(11)2)18-16(22)20-19-15(21)17-13-8-4-3-5-9-13/h11-14H,3-10H2,1-2H3,(H2,17,19,21)(H2,18,20,22)/t11-,12+,14+/m0/s1. The van der Waals surface area contributed by atoms with E-state index in [0.29, 0.717) is 28.2 Å². The van der Waals surface area contributed by atoms with Crippen molar-refractivity contribution in [1.29, 1.82) is 0 Å². The number of nitrogens with one attached hydrogen (secondary N) is 4. The Bertz CT molecular complexity index is 382. The largest absolute Gasteiger partial charge is 0.359 e. The summed E-state index contributed by atoms with van der Waals surface area (Å²) in [5, 5.41) is 8.07. The van der Waals surface area contributed by atoms with Crippen LogP contribution in [0.5, 0.6) is 0 Å². The Hall–Kier alpha value is -0.620. The van der Waals surface area contributed by atoms with Crippen LogP contribution in [-0.4, -0.2) is 22.3 Å². The number of rotatable bonds is 2. The Balaban J connectivity index is 1.65. The Morgan fingerprint density at radius 3 is 2.09 bits per heavy atom. The molecule has 0 saturated heterocycles. The maximum absolute atomic E-state index is 5.38. The van der Waals surface area contributed by atoms with Gasteiger partial charge in [0.15, 0.2) is 10.2 Å². The smallest absolute Gasteiger partial charge is 0.185 e. The van der Waals surface area contributed by atoms with Crippen molar-refractivity contribution in [3.63, 3.8) is 0 Å². The Kier molecular flexibility index (Phi) is 7.15. The minimum Gasteiger partial charge on any atom is -0.359 e. The van der Waals surface area contributed by atoms with Crippen molar-refractivity contribution in [3.8, 4) is 0 Å². The molecule has 2 aliphatic rings. The molecule has 4 N–H and O–H groups in total. The van der Waals surface area contributed by atoms with Gasteiger partial charge in [-0.1, -0.05) is 46.0 Å². The summed E-state index contributed by atoms with van der Waals surface area (Å²) < 4.78 is 0. The normalized spacial score (nSPS) is 29.5. The SMILES string of the molecule is C[C@@H]1[C@@H](C)CCC[C@H]1NC(=S)NNC(=S)NC1CCCCC1. The zero-order chi connectivity index (χ0) is 15.9. The van der Waals surface area contributed by atoms with Crippen molar-refractivity contribution in [2.24, 2.45) is 11.8 Å². The van der Waals surface area contributed by atoms with Crippen LogP contribution in [0.1, 0.15) is 65.2 Å². The third-order valence-electron chi connectivity index (χ3n) is 5.25. The second-order valence-electron chi connectivity index (χ2n) is 6.91. The van der Waals surface area contributed by atoms with Crippen LogP contribution in [0.3, 0.4) is 0 Å². The minimum absolute atomic E-state index is 0.463. The topological polar surface area (TPSA) is 48.1 Å². The molecule has 0 spiro atoms. The van der Waals surface area contributed by atoms with Crippen LogP contribution in [-0.2, 0) is 0 Å². The van der Waals surface area contributed by atoms with E-state index in [0.717, 1.165) is 5.92 Å². The van der Waals surface area contributed by atoms with Crippen molar-refractivity contribution in [2.45, 2.75) is 77.3 Å². The summed E-state index contributed by atoms with van der Waals surface area (Å²) >= 11 is 10.7. The third-order valence-corrected chi connectivity index (χ3v) is 5.69. The van der Waals surface area contributed by atoms with Crippen LogP contribution in [0.2, 0.25) is 0 Å². The summed E-state index contributed by atoms with van der Waals surface area (Å²) in [6.45, 7) is 4.64. The van der Waals surface area contributed by atoms with E-state index >= 15 is 0 Å². The minimum atomic E-state index is 0.463. The molecular formula is C16H30N4S2. The van der Waals surface area contributed by atoms with E-state index < -0.39 is 0 Å². The number of thiocarbonyl (C=S) groups is 2. The highest BCUT2D eigenvalue weighted by Gasteiger charge is 2.27. The van der Waals surface area contributed by atoms with Gasteiger partial charge in [0.2, 0.25) is 0 Å². The van der Waals surface area contributed by atoms with Crippen LogP contribution in [0, 0.1) is 11.8 Å². The first-order chi connectivity index (χ1) is 10.6. The molecule has 0 aromatic heterocycles. The Labute approximate surface area is 145 Å². The van der Waals surface area contributed by atoms with Crippen molar-refractivity contribution in [2.75, 3.05) is 0 Å². The molecule has 2 fully saturated rings. The van der Waals surface area contributed by atoms with E-state index in [9.17, 15) is 0 Å². The third kappa shape index (κ3) is 5.54. The lowest BCUT2D eigenvalue weighted by Crippen LogP contribution is -2.55. The lowest BCUT2D eigenvalue weighted by molar-refractivity contribution is 0.224. The zero-order valence-electron chi connectivity index (χ0n) is 13.8. The fourth-order valence-corrected chi connectivity index (χ4v) is 3.99. The molecule has 2 aliphatic carbocycles. The fraction of sp³-hybridized carbons (Fsp3) is 0.875. The molecule has 0 aliphatic heterocycles. The highest BCUT2D eigenvalue weighted by Crippen LogP contribution is 2.29. The van der Waals surface area contributed by atoms with Gasteiger partial charge in [0.1, 0.15) is 0 Å². The fourth-order valence-electron chi connectivity index (χ4n) is 3.57. The van der Waals surface area contributed by atoms with E-state index in [-0.39, 0.29) is 0 Å². The predicted molar refractivity (Wildman–Crippen MR) is 101 cm³/mol. The van der Waals surface area contributed by atoms with Crippen LogP contribution < -0.4 is 21.5 Å². The van der Waals surface area contributed by atoms with Crippen LogP contribution in [0.15, 0.2) is 0 Å². The van der Waals surface area contributed by atoms with Crippen LogP contribution in [0.4, 0.5) is 0 Å². The molecule has 0 heterocycles. The molecule has 2 saturated carbocycles. The molecule has 0 amide bonds. The quantitative estimate of drug-likeness (QED) is 0.457. The van der Waals surface area contributed by atoms with E-state index in [1.807, 2.05) is 0 Å². The Morgan fingerprint density at radius 1 is 0.773 bits per heavy atom. The summed E-state index contributed by atoms with van der Waals surface area (Å²) in [4.78, 5) is 0. The zero-order valence-corrected chi connectivity index (χ0v) is 15.4. The average Bonchev–Trinajstić information content (AvgIpc) is 2.51. The van der Waals surface area contributed by atoms with Gasteiger partial charge >= 0.3 is 0 Å². The van der Waals surface area contributed by atoms with Crippen molar-refractivity contribution in [3.05, 3.63) is 0 Å². The molecule has 0 aromatic carbocycles. The van der Waals surface area contributed by atoms with Crippen LogP contribution in [0.25, 0.3) is 0 Å². The maximum Gasteiger partial charge on any atom is 0.185 e. The second kappa shape index (κ2) is 8.87. The maximum atomic E-state index is 5.38. The number of hydrogen-bond donors (Lipinski definition) is 4. The first-order valence-corrected chi connectivity index (χ1v) is 9.51. The summed E-state index contributed by atoms with van der Waals surface area (Å²) in [5.41, 5.74) is 6.03. The van der Waals surface area contributed by atoms with Crippen molar-refractivity contribution >= 4 is 34.7 Å². The van der Waals surface area contributed by atoms with Gasteiger partial charge in [0.25, 0.3) is 0 Å². The summed E-state index contributed by atoms with van der Waals surface area (Å²) in [6.07, 6.45) is 10.2. The average molecular weight is 343 g/mol. The summed E-state index contributed by atoms with van der Waals surface area (Å²) in [5.74, 6) is 1.41. The first kappa shape index (κ1) is 17.7. The van der Waals surface area contributed by atoms with Crippen molar-refractivity contribution < 1.29 is 0 Å². The van der Waals surface area contributed by atoms with E-state index in [4.69, 9.17) is 24.4 Å². The van der Waals surface area contributed by atoms with Gasteiger partial charge in [-0.25, -0.2) is 0 Å². The van der Waals surface area contributed by atoms with E-state index in [1.54, 1.807) is 0 Å². The van der Waals surface area contributed by atoms with Gasteiger partial charge in [0.05, 0.1) is 0 Å². The monoisotopic (exact) mass is 342 g/mol. The molecule has 2 rings (SSSR count). The number of hydrogen-bond acceptors (Lipinski definition) is 2. The molecule has 0 unspecified atom stereocenters.